The highest BCUT2D eigenvalue weighted by atomic mass is 127. The van der Waals surface area contributed by atoms with Crippen LogP contribution in [0.5, 0.6) is 0 Å². The van der Waals surface area contributed by atoms with E-state index in [0.29, 0.717) is 0 Å². The van der Waals surface area contributed by atoms with Gasteiger partial charge in [0, 0.05) is 9.13 Å². The van der Waals surface area contributed by atoms with E-state index in [4.69, 9.17) is 16.7 Å². The first-order valence-electron chi connectivity index (χ1n) is 7.59. The van der Waals surface area contributed by atoms with Gasteiger partial charge < -0.3 is 0 Å². The molecule has 0 saturated carbocycles. The molecule has 10 heteroatoms. The van der Waals surface area contributed by atoms with Gasteiger partial charge in [0.05, 0.1) is 10.7 Å². The van der Waals surface area contributed by atoms with E-state index in [1.807, 2.05) is 43.3 Å². The van der Waals surface area contributed by atoms with Crippen LogP contribution in [0, 0.1) is 3.57 Å². The largest absolute Gasteiger partial charge is 0.269 e. The number of nitrogens with one attached hydrogen (secondary N) is 1. The van der Waals surface area contributed by atoms with Crippen LogP contribution in [0.15, 0.2) is 59.5 Å². The number of amides is 1. The predicted molar refractivity (Wildman–Crippen MR) is 125 cm³/mol. The maximum Gasteiger partial charge on any atom is 0.269 e. The zero-order chi connectivity index (χ0) is 20.2. The molecule has 0 aliphatic carbocycles. The lowest BCUT2D eigenvalue weighted by Crippen LogP contribution is -2.46. The number of carbonyl (C=O) groups is 1. The van der Waals surface area contributed by atoms with Crippen molar-refractivity contribution in [2.75, 3.05) is 5.01 Å². The third-order valence-corrected chi connectivity index (χ3v) is 6.71. The standard InChI is InChI=1S/C17H16ClI2N3O3S/c1-2-5-16(20)23(14-7-4-3-6-13(14)19)22-17(24)11-8-9-12(18)15(10-11)27(21,25)26/h2-10,16H,1H3,(H,22,24)(H2,21,25,26). The van der Waals surface area contributed by atoms with Gasteiger partial charge in [0.2, 0.25) is 10.0 Å². The number of para-hydroxylation sites is 1. The van der Waals surface area contributed by atoms with E-state index in [9.17, 15) is 13.2 Å². The number of rotatable bonds is 6. The fourth-order valence-corrected chi connectivity index (χ4v) is 4.76. The van der Waals surface area contributed by atoms with Gasteiger partial charge in [0.25, 0.3) is 5.91 Å². The topological polar surface area (TPSA) is 92.5 Å². The maximum absolute atomic E-state index is 12.8. The number of benzene rings is 2. The number of anilines is 1. The van der Waals surface area contributed by atoms with Gasteiger partial charge in [-0.3, -0.25) is 15.2 Å². The van der Waals surface area contributed by atoms with E-state index in [1.54, 1.807) is 5.01 Å². The third kappa shape index (κ3) is 5.79. The number of hydrazine groups is 1. The lowest BCUT2D eigenvalue weighted by Gasteiger charge is -2.29. The van der Waals surface area contributed by atoms with Crippen LogP contribution in [-0.4, -0.2) is 18.4 Å². The molecule has 1 unspecified atom stereocenters. The van der Waals surface area contributed by atoms with Crippen LogP contribution in [0.1, 0.15) is 17.3 Å². The molecule has 0 aliphatic heterocycles. The van der Waals surface area contributed by atoms with Crippen molar-refractivity contribution in [3.8, 4) is 0 Å². The lowest BCUT2D eigenvalue weighted by atomic mass is 10.2. The normalized spacial score (nSPS) is 12.8. The molecule has 0 aliphatic rings. The van der Waals surface area contributed by atoms with Gasteiger partial charge >= 0.3 is 0 Å². The molecule has 1 atom stereocenters. The monoisotopic (exact) mass is 631 g/mol. The number of nitrogens with two attached hydrogens (primary N) is 1. The Balaban J connectivity index is 2.41. The summed E-state index contributed by atoms with van der Waals surface area (Å²) in [5.41, 5.74) is 3.76. The molecular formula is C17H16ClI2N3O3S. The number of hydrogen-bond acceptors (Lipinski definition) is 4. The average Bonchev–Trinajstić information content (AvgIpc) is 2.59. The molecule has 3 N–H and O–H groups in total. The Hall–Kier alpha value is -0.890. The Morgan fingerprint density at radius 3 is 2.56 bits per heavy atom. The van der Waals surface area contributed by atoms with E-state index >= 15 is 0 Å². The number of nitrogens with zero attached hydrogens (tertiary/aromatic N) is 1. The zero-order valence-electron chi connectivity index (χ0n) is 14.1. The fraction of sp³-hybridized carbons (Fsp3) is 0.118. The van der Waals surface area contributed by atoms with Crippen LogP contribution in [0.3, 0.4) is 0 Å². The van der Waals surface area contributed by atoms with Crippen molar-refractivity contribution in [2.24, 2.45) is 5.14 Å². The summed E-state index contributed by atoms with van der Waals surface area (Å²) in [5.74, 6) is -0.484. The fourth-order valence-electron chi connectivity index (χ4n) is 2.18. The molecule has 0 fully saturated rings. The van der Waals surface area contributed by atoms with Gasteiger partial charge in [-0.2, -0.15) is 0 Å². The van der Waals surface area contributed by atoms with Gasteiger partial charge in [0.1, 0.15) is 8.94 Å². The van der Waals surface area contributed by atoms with Crippen LogP contribution >= 0.6 is 56.8 Å². The number of carbonyl (C=O) groups excluding carboxylic acids is 1. The summed E-state index contributed by atoms with van der Waals surface area (Å²) in [4.78, 5) is 12.5. The van der Waals surface area contributed by atoms with Crippen LogP contribution in [-0.2, 0) is 10.0 Å². The minimum absolute atomic E-state index is 0.0378. The van der Waals surface area contributed by atoms with Crippen molar-refractivity contribution >= 4 is 78.4 Å². The molecule has 0 spiro atoms. The molecule has 6 nitrogen and oxygen atoms in total. The Morgan fingerprint density at radius 2 is 1.96 bits per heavy atom. The van der Waals surface area contributed by atoms with Crippen LogP contribution in [0.25, 0.3) is 0 Å². The van der Waals surface area contributed by atoms with Crippen molar-refractivity contribution in [1.29, 1.82) is 0 Å². The van der Waals surface area contributed by atoms with E-state index in [1.165, 1.54) is 18.2 Å². The molecule has 1 amide bonds. The summed E-state index contributed by atoms with van der Waals surface area (Å²) in [7, 11) is -4.04. The lowest BCUT2D eigenvalue weighted by molar-refractivity contribution is 0.0949. The molecule has 0 radical (unpaired) electrons. The van der Waals surface area contributed by atoms with Crippen LogP contribution in [0.4, 0.5) is 5.69 Å². The molecule has 27 heavy (non-hydrogen) atoms. The SMILES string of the molecule is CC=CC(I)N(NC(=O)c1ccc(Cl)c(S(N)(=O)=O)c1)c1ccccc1I. The Labute approximate surface area is 190 Å². The minimum atomic E-state index is -4.04. The van der Waals surface area contributed by atoms with Gasteiger partial charge in [0.15, 0.2) is 0 Å². The molecule has 0 aromatic heterocycles. The summed E-state index contributed by atoms with van der Waals surface area (Å²) in [6.45, 7) is 1.89. The Morgan fingerprint density at radius 1 is 1.30 bits per heavy atom. The van der Waals surface area contributed by atoms with E-state index < -0.39 is 15.9 Å². The van der Waals surface area contributed by atoms with Crippen molar-refractivity contribution in [3.63, 3.8) is 0 Å². The predicted octanol–water partition coefficient (Wildman–Crippen LogP) is 4.08. The number of sulfonamides is 1. The number of alkyl halides is 1. The molecule has 2 aromatic rings. The second-order valence-electron chi connectivity index (χ2n) is 5.35. The summed E-state index contributed by atoms with van der Waals surface area (Å²) in [6.07, 6.45) is 3.80. The summed E-state index contributed by atoms with van der Waals surface area (Å²) in [5, 5.41) is 6.83. The minimum Gasteiger partial charge on any atom is -0.267 e. The average molecular weight is 632 g/mol. The summed E-state index contributed by atoms with van der Waals surface area (Å²) in [6, 6.07) is 11.5. The smallest absolute Gasteiger partial charge is 0.267 e. The zero-order valence-corrected chi connectivity index (χ0v) is 20.0. The van der Waals surface area contributed by atoms with Gasteiger partial charge in [-0.25, -0.2) is 13.6 Å². The van der Waals surface area contributed by atoms with Crippen molar-refractivity contribution in [2.45, 2.75) is 15.9 Å². The van der Waals surface area contributed by atoms with E-state index in [-0.39, 0.29) is 19.5 Å². The molecule has 0 saturated heterocycles. The van der Waals surface area contributed by atoms with E-state index in [0.717, 1.165) is 9.26 Å². The highest BCUT2D eigenvalue weighted by molar-refractivity contribution is 14.1. The molecule has 0 heterocycles. The quantitative estimate of drug-likeness (QED) is 0.165. The molecular weight excluding hydrogens is 616 g/mol. The number of allylic oxidation sites excluding steroid dienone is 1. The summed E-state index contributed by atoms with van der Waals surface area (Å²) >= 11 is 10.3. The highest BCUT2D eigenvalue weighted by Crippen LogP contribution is 2.26. The van der Waals surface area contributed by atoms with E-state index in [2.05, 4.69) is 50.6 Å². The van der Waals surface area contributed by atoms with Gasteiger partial charge in [-0.1, -0.05) is 58.5 Å². The number of hydrogen-bond donors (Lipinski definition) is 2. The first-order valence-corrected chi connectivity index (χ1v) is 11.8. The Bertz CT molecular complexity index is 983. The van der Waals surface area contributed by atoms with Crippen LogP contribution < -0.4 is 15.6 Å². The highest BCUT2D eigenvalue weighted by Gasteiger charge is 2.21. The van der Waals surface area contributed by atoms with Crippen molar-refractivity contribution in [3.05, 3.63) is 68.8 Å². The first kappa shape index (κ1) is 22.4. The molecule has 144 valence electrons. The molecule has 2 rings (SSSR count). The van der Waals surface area contributed by atoms with Crippen molar-refractivity contribution in [1.82, 2.24) is 5.43 Å². The van der Waals surface area contributed by atoms with Gasteiger partial charge in [-0.15, -0.1) is 0 Å². The second-order valence-corrected chi connectivity index (χ2v) is 9.73. The first-order chi connectivity index (χ1) is 12.6. The number of primary sulfonamides is 1. The molecule has 2 aromatic carbocycles. The maximum atomic E-state index is 12.8. The van der Waals surface area contributed by atoms with Crippen molar-refractivity contribution < 1.29 is 13.2 Å². The number of halogens is 3. The van der Waals surface area contributed by atoms with Crippen LogP contribution in [0.2, 0.25) is 5.02 Å². The third-order valence-electron chi connectivity index (χ3n) is 3.43. The summed E-state index contributed by atoms with van der Waals surface area (Å²) < 4.78 is 24.1. The Kier molecular flexibility index (Phi) is 7.92. The second kappa shape index (κ2) is 9.54. The molecule has 0 bridgehead atoms. The van der Waals surface area contributed by atoms with Gasteiger partial charge in [-0.05, 0) is 59.8 Å².